The van der Waals surface area contributed by atoms with Gasteiger partial charge >= 0.3 is 0 Å². The molecular formula is C32H31F5O2. The zero-order valence-electron chi connectivity index (χ0n) is 21.8. The highest BCUT2D eigenvalue weighted by Gasteiger charge is 2.31. The first-order chi connectivity index (χ1) is 18.8. The molecule has 1 aliphatic carbocycles. The summed E-state index contributed by atoms with van der Waals surface area (Å²) in [6, 6.07) is 10.2. The molecule has 1 fully saturated rings. The van der Waals surface area contributed by atoms with Crippen molar-refractivity contribution in [1.29, 1.82) is 0 Å². The number of hydrogen-bond acceptors (Lipinski definition) is 2. The van der Waals surface area contributed by atoms with Gasteiger partial charge in [-0.15, -0.1) is 0 Å². The predicted octanol–water partition coefficient (Wildman–Crippen LogP) is 9.09. The number of aliphatic hydroxyl groups excluding tert-OH is 1. The maximum absolute atomic E-state index is 15.1. The van der Waals surface area contributed by atoms with E-state index in [9.17, 15) is 22.7 Å². The van der Waals surface area contributed by atoms with Crippen LogP contribution in [0.3, 0.4) is 0 Å². The topological polar surface area (TPSA) is 32.8 Å². The van der Waals surface area contributed by atoms with Gasteiger partial charge in [0.2, 0.25) is 0 Å². The Labute approximate surface area is 225 Å². The van der Waals surface area contributed by atoms with Crippen LogP contribution in [0, 0.1) is 29.1 Å². The summed E-state index contributed by atoms with van der Waals surface area (Å²) in [4.78, 5) is 0. The molecule has 7 heteroatoms. The van der Waals surface area contributed by atoms with Gasteiger partial charge in [0.05, 0.1) is 12.7 Å². The highest BCUT2D eigenvalue weighted by atomic mass is 19.2. The molecule has 0 aromatic heterocycles. The number of ether oxygens (including phenoxy) is 1. The Morgan fingerprint density at radius 3 is 2.26 bits per heavy atom. The van der Waals surface area contributed by atoms with Gasteiger partial charge in [0.25, 0.3) is 0 Å². The van der Waals surface area contributed by atoms with Crippen molar-refractivity contribution in [3.63, 3.8) is 0 Å². The van der Waals surface area contributed by atoms with E-state index >= 15 is 4.39 Å². The lowest BCUT2D eigenvalue weighted by Crippen LogP contribution is -2.10. The van der Waals surface area contributed by atoms with Gasteiger partial charge in [-0.25, -0.2) is 22.0 Å². The average Bonchev–Trinajstić information content (AvgIpc) is 3.78. The molecular weight excluding hydrogens is 511 g/mol. The second kappa shape index (κ2) is 11.6. The van der Waals surface area contributed by atoms with Crippen molar-refractivity contribution in [2.75, 3.05) is 6.61 Å². The van der Waals surface area contributed by atoms with Crippen LogP contribution in [0.1, 0.15) is 92.2 Å². The van der Waals surface area contributed by atoms with E-state index in [0.29, 0.717) is 37.9 Å². The summed E-state index contributed by atoms with van der Waals surface area (Å²) in [6.07, 6.45) is 4.91. The summed E-state index contributed by atoms with van der Waals surface area (Å²) in [5, 5.41) is 10.3. The first kappa shape index (κ1) is 27.5. The van der Waals surface area contributed by atoms with Crippen LogP contribution in [0.15, 0.2) is 48.5 Å². The minimum absolute atomic E-state index is 0.0122. The fourth-order valence-electron chi connectivity index (χ4n) is 5.46. The third-order valence-corrected chi connectivity index (χ3v) is 7.86. The molecule has 2 nitrogen and oxygen atoms in total. The summed E-state index contributed by atoms with van der Waals surface area (Å²) in [6.45, 7) is 2.37. The van der Waals surface area contributed by atoms with E-state index < -0.39 is 41.3 Å². The molecule has 2 aliphatic rings. The fourth-order valence-corrected chi connectivity index (χ4v) is 5.46. The molecule has 3 aromatic carbocycles. The molecule has 39 heavy (non-hydrogen) atoms. The van der Waals surface area contributed by atoms with Gasteiger partial charge < -0.3 is 9.84 Å². The van der Waals surface area contributed by atoms with E-state index in [0.717, 1.165) is 24.8 Å². The third kappa shape index (κ3) is 5.66. The number of rotatable bonds is 9. The van der Waals surface area contributed by atoms with E-state index in [1.165, 1.54) is 30.3 Å². The van der Waals surface area contributed by atoms with Gasteiger partial charge in [-0.2, -0.15) is 0 Å². The molecule has 0 radical (unpaired) electrons. The molecule has 206 valence electrons. The number of epoxide rings is 1. The van der Waals surface area contributed by atoms with Crippen molar-refractivity contribution in [3.8, 4) is 11.1 Å². The van der Waals surface area contributed by atoms with Crippen LogP contribution in [-0.2, 0) is 4.74 Å². The predicted molar refractivity (Wildman–Crippen MR) is 140 cm³/mol. The maximum atomic E-state index is 15.1. The Balaban J connectivity index is 1.31. The lowest BCUT2D eigenvalue weighted by atomic mass is 9.81. The summed E-state index contributed by atoms with van der Waals surface area (Å²) in [5.41, 5.74) is 1.65. The Morgan fingerprint density at radius 1 is 0.872 bits per heavy atom. The highest BCUT2D eigenvalue weighted by Crippen LogP contribution is 2.40. The molecule has 0 spiro atoms. The van der Waals surface area contributed by atoms with Gasteiger partial charge in [0.1, 0.15) is 11.9 Å². The fraction of sp³-hybridized carbons (Fsp3) is 0.375. The Morgan fingerprint density at radius 2 is 1.59 bits per heavy atom. The van der Waals surface area contributed by atoms with Crippen molar-refractivity contribution < 1.29 is 31.8 Å². The van der Waals surface area contributed by atoms with Crippen LogP contribution in [0.25, 0.3) is 16.7 Å². The standard InChI is InChI=1S/C32H31F5O2/c1-2-3-4-5-27(38)24-14-12-21(29(34)31(24)36)19-8-6-18(7-9-19)20-10-11-22(26(33)16-20)23-13-15-25(28-17-39-28)32(37)30(23)35/h6,10-16,19,27-28,38H,2-5,7-9,17H2,1H3. The monoisotopic (exact) mass is 542 g/mol. The second-order valence-corrected chi connectivity index (χ2v) is 10.4. The van der Waals surface area contributed by atoms with Crippen LogP contribution in [-0.4, -0.2) is 11.7 Å². The lowest BCUT2D eigenvalue weighted by molar-refractivity contribution is 0.157. The molecule has 3 unspecified atom stereocenters. The van der Waals surface area contributed by atoms with Crippen molar-refractivity contribution in [2.24, 2.45) is 0 Å². The molecule has 3 atom stereocenters. The molecule has 1 aliphatic heterocycles. The third-order valence-electron chi connectivity index (χ3n) is 7.86. The largest absolute Gasteiger partial charge is 0.388 e. The highest BCUT2D eigenvalue weighted by molar-refractivity contribution is 5.72. The lowest BCUT2D eigenvalue weighted by Gasteiger charge is -2.24. The number of hydrogen-bond donors (Lipinski definition) is 1. The molecule has 1 heterocycles. The van der Waals surface area contributed by atoms with Gasteiger partial charge in [-0.05, 0) is 54.4 Å². The molecule has 5 rings (SSSR count). The Kier molecular flexibility index (Phi) is 8.19. The van der Waals surface area contributed by atoms with Crippen molar-refractivity contribution in [2.45, 2.75) is 70.0 Å². The van der Waals surface area contributed by atoms with Crippen molar-refractivity contribution in [1.82, 2.24) is 0 Å². The number of halogens is 5. The summed E-state index contributed by atoms with van der Waals surface area (Å²) in [7, 11) is 0. The molecule has 0 saturated carbocycles. The van der Waals surface area contributed by atoms with Crippen LogP contribution in [0.4, 0.5) is 22.0 Å². The first-order valence-electron chi connectivity index (χ1n) is 13.5. The van der Waals surface area contributed by atoms with Gasteiger partial charge in [0.15, 0.2) is 23.3 Å². The van der Waals surface area contributed by atoms with Crippen molar-refractivity contribution in [3.05, 3.63) is 99.9 Å². The number of aliphatic hydroxyl groups is 1. The molecule has 3 aromatic rings. The zero-order chi connectivity index (χ0) is 27.7. The zero-order valence-corrected chi connectivity index (χ0v) is 21.8. The van der Waals surface area contributed by atoms with E-state index in [-0.39, 0.29) is 33.7 Å². The van der Waals surface area contributed by atoms with Gasteiger partial charge in [-0.3, -0.25) is 0 Å². The van der Waals surface area contributed by atoms with Crippen LogP contribution < -0.4 is 0 Å². The van der Waals surface area contributed by atoms with Crippen LogP contribution >= 0.6 is 0 Å². The minimum Gasteiger partial charge on any atom is -0.388 e. The number of unbranched alkanes of at least 4 members (excludes halogenated alkanes) is 2. The average molecular weight is 543 g/mol. The number of benzene rings is 3. The second-order valence-electron chi connectivity index (χ2n) is 10.4. The smallest absolute Gasteiger partial charge is 0.167 e. The normalized spacial score (nSPS) is 19.6. The molecule has 0 bridgehead atoms. The molecule has 1 N–H and O–H groups in total. The summed E-state index contributed by atoms with van der Waals surface area (Å²) >= 11 is 0. The van der Waals surface area contributed by atoms with Crippen LogP contribution in [0.5, 0.6) is 0 Å². The SMILES string of the molecule is CCCCCC(O)c1ccc(C2CC=C(c3ccc(-c4ccc(C5CO5)c(F)c4F)c(F)c3)CC2)c(F)c1F. The maximum Gasteiger partial charge on any atom is 0.167 e. The molecule has 0 amide bonds. The van der Waals surface area contributed by atoms with Gasteiger partial charge in [-0.1, -0.05) is 68.7 Å². The quantitative estimate of drug-likeness (QED) is 0.166. The minimum atomic E-state index is -1.11. The van der Waals surface area contributed by atoms with Crippen molar-refractivity contribution >= 4 is 5.57 Å². The summed E-state index contributed by atoms with van der Waals surface area (Å²) in [5.74, 6) is -4.97. The Bertz CT molecular complexity index is 1400. The number of allylic oxidation sites excluding steroid dienone is 2. The first-order valence-corrected chi connectivity index (χ1v) is 13.5. The van der Waals surface area contributed by atoms with E-state index in [2.05, 4.69) is 0 Å². The van der Waals surface area contributed by atoms with Gasteiger partial charge in [0, 0.05) is 22.3 Å². The van der Waals surface area contributed by atoms with E-state index in [1.54, 1.807) is 12.1 Å². The molecule has 1 saturated heterocycles. The van der Waals surface area contributed by atoms with E-state index in [4.69, 9.17) is 4.74 Å². The van der Waals surface area contributed by atoms with E-state index in [1.807, 2.05) is 13.0 Å². The summed E-state index contributed by atoms with van der Waals surface area (Å²) < 4.78 is 79.0. The van der Waals surface area contributed by atoms with Crippen LogP contribution in [0.2, 0.25) is 0 Å². The Hall–Kier alpha value is -3.03.